The highest BCUT2D eigenvalue weighted by Gasteiger charge is 2.36. The first-order valence-electron chi connectivity index (χ1n) is 9.83. The molecule has 0 bridgehead atoms. The van der Waals surface area contributed by atoms with Crippen LogP contribution in [0.4, 0.5) is 26.3 Å². The average molecular weight is 458 g/mol. The van der Waals surface area contributed by atoms with Crippen molar-refractivity contribution in [3.05, 3.63) is 113 Å². The highest BCUT2D eigenvalue weighted by atomic mass is 19.3. The molecule has 4 aromatic rings. The number of hydrogen-bond acceptors (Lipinski definition) is 1. The quantitative estimate of drug-likeness (QED) is 0.275. The molecule has 0 aliphatic carbocycles. The number of rotatable bonds is 5. The molecule has 0 saturated carbocycles. The molecule has 1 nitrogen and oxygen atoms in total. The SMILES string of the molecule is Cc1ccc(C(F)(F)Oc2ccc(-c3ccc(-c4ccc(F)c(F)c4)cc3)c(F)c2F)cc1. The van der Waals surface area contributed by atoms with Crippen molar-refractivity contribution in [3.8, 4) is 28.0 Å². The molecule has 0 heterocycles. The lowest BCUT2D eigenvalue weighted by Gasteiger charge is -2.19. The van der Waals surface area contributed by atoms with Crippen LogP contribution in [0.15, 0.2) is 78.9 Å². The first-order chi connectivity index (χ1) is 15.7. The maximum absolute atomic E-state index is 14.7. The van der Waals surface area contributed by atoms with Crippen LogP contribution in [0.3, 0.4) is 0 Å². The Morgan fingerprint density at radius 3 is 1.85 bits per heavy atom. The molecule has 33 heavy (non-hydrogen) atoms. The van der Waals surface area contributed by atoms with E-state index in [0.717, 1.165) is 42.0 Å². The summed E-state index contributed by atoms with van der Waals surface area (Å²) in [6.45, 7) is 1.72. The molecule has 0 unspecified atom stereocenters. The van der Waals surface area contributed by atoms with E-state index in [0.29, 0.717) is 11.1 Å². The molecule has 7 heteroatoms. The maximum Gasteiger partial charge on any atom is 0.426 e. The Balaban J connectivity index is 1.60. The van der Waals surface area contributed by atoms with Gasteiger partial charge in [-0.1, -0.05) is 48.0 Å². The smallest absolute Gasteiger partial charge is 0.426 e. The molecule has 0 spiro atoms. The van der Waals surface area contributed by atoms with E-state index in [2.05, 4.69) is 4.74 Å². The van der Waals surface area contributed by atoms with Crippen molar-refractivity contribution >= 4 is 0 Å². The van der Waals surface area contributed by atoms with Gasteiger partial charge in [-0.05, 0) is 60.0 Å². The predicted molar refractivity (Wildman–Crippen MR) is 113 cm³/mol. The Morgan fingerprint density at radius 1 is 0.606 bits per heavy atom. The van der Waals surface area contributed by atoms with Gasteiger partial charge in [-0.3, -0.25) is 0 Å². The fourth-order valence-corrected chi connectivity index (χ4v) is 3.30. The van der Waals surface area contributed by atoms with Gasteiger partial charge >= 0.3 is 6.11 Å². The van der Waals surface area contributed by atoms with Gasteiger partial charge in [0.15, 0.2) is 23.2 Å². The summed E-state index contributed by atoms with van der Waals surface area (Å²) in [6.07, 6.45) is -3.87. The minimum atomic E-state index is -3.87. The molecule has 0 radical (unpaired) electrons. The molecule has 4 rings (SSSR count). The van der Waals surface area contributed by atoms with E-state index in [4.69, 9.17) is 0 Å². The predicted octanol–water partition coefficient (Wildman–Crippen LogP) is 8.01. The van der Waals surface area contributed by atoms with Crippen molar-refractivity contribution in [2.75, 3.05) is 0 Å². The maximum atomic E-state index is 14.7. The molecule has 0 fully saturated rings. The zero-order valence-corrected chi connectivity index (χ0v) is 17.2. The van der Waals surface area contributed by atoms with Crippen molar-refractivity contribution in [3.63, 3.8) is 0 Å². The van der Waals surface area contributed by atoms with E-state index in [-0.39, 0.29) is 11.1 Å². The van der Waals surface area contributed by atoms with Crippen molar-refractivity contribution in [1.82, 2.24) is 0 Å². The van der Waals surface area contributed by atoms with Crippen LogP contribution in [0.1, 0.15) is 11.1 Å². The molecule has 0 atom stereocenters. The summed E-state index contributed by atoms with van der Waals surface area (Å²) in [4.78, 5) is 0. The Labute approximate surface area is 185 Å². The van der Waals surface area contributed by atoms with Crippen LogP contribution in [0.5, 0.6) is 5.75 Å². The van der Waals surface area contributed by atoms with Gasteiger partial charge in [0.1, 0.15) is 0 Å². The third-order valence-electron chi connectivity index (χ3n) is 5.12. The molecule has 0 aliphatic rings. The molecular weight excluding hydrogens is 442 g/mol. The van der Waals surface area contributed by atoms with Gasteiger partial charge in [-0.25, -0.2) is 13.2 Å². The van der Waals surface area contributed by atoms with Gasteiger partial charge in [-0.15, -0.1) is 0 Å². The van der Waals surface area contributed by atoms with Crippen LogP contribution in [-0.2, 0) is 6.11 Å². The summed E-state index contributed by atoms with van der Waals surface area (Å²) < 4.78 is 89.2. The second-order valence-corrected chi connectivity index (χ2v) is 7.43. The fraction of sp³-hybridized carbons (Fsp3) is 0.0769. The van der Waals surface area contributed by atoms with E-state index >= 15 is 0 Å². The topological polar surface area (TPSA) is 9.23 Å². The molecular formula is C26H16F6O. The molecule has 0 N–H and O–H groups in total. The first-order valence-corrected chi connectivity index (χ1v) is 9.83. The van der Waals surface area contributed by atoms with Crippen LogP contribution >= 0.6 is 0 Å². The van der Waals surface area contributed by atoms with Crippen LogP contribution in [0, 0.1) is 30.2 Å². The number of halogens is 6. The second kappa shape index (κ2) is 8.65. The Hall–Kier alpha value is -3.74. The van der Waals surface area contributed by atoms with Crippen LogP contribution in [0.25, 0.3) is 22.3 Å². The van der Waals surface area contributed by atoms with E-state index in [1.807, 2.05) is 0 Å². The van der Waals surface area contributed by atoms with Crippen LogP contribution < -0.4 is 4.74 Å². The van der Waals surface area contributed by atoms with E-state index in [9.17, 15) is 26.3 Å². The number of hydrogen-bond donors (Lipinski definition) is 0. The standard InChI is InChI=1S/C26H16F6O/c1-15-2-9-19(10-3-15)26(31,32)33-23-13-11-20(24(29)25(23)30)17-6-4-16(5-7-17)18-8-12-21(27)22(28)14-18/h2-14H,1H3. The molecule has 0 aromatic heterocycles. The van der Waals surface area contributed by atoms with Crippen molar-refractivity contribution in [1.29, 1.82) is 0 Å². The highest BCUT2D eigenvalue weighted by molar-refractivity contribution is 5.71. The minimum Gasteiger partial charge on any atom is -0.426 e. The zero-order chi connectivity index (χ0) is 23.8. The lowest BCUT2D eigenvalue weighted by Crippen LogP contribution is -2.22. The second-order valence-electron chi connectivity index (χ2n) is 7.43. The Bertz CT molecular complexity index is 1300. The summed E-state index contributed by atoms with van der Waals surface area (Å²) in [5.41, 5.74) is 1.27. The normalized spacial score (nSPS) is 11.5. The van der Waals surface area contributed by atoms with Gasteiger partial charge in [0.25, 0.3) is 0 Å². The number of aryl methyl sites for hydroxylation is 1. The van der Waals surface area contributed by atoms with E-state index in [1.54, 1.807) is 6.92 Å². The van der Waals surface area contributed by atoms with Gasteiger partial charge in [-0.2, -0.15) is 13.2 Å². The summed E-state index contributed by atoms with van der Waals surface area (Å²) in [7, 11) is 0. The van der Waals surface area contributed by atoms with Gasteiger partial charge in [0.2, 0.25) is 5.82 Å². The third-order valence-corrected chi connectivity index (χ3v) is 5.12. The minimum absolute atomic E-state index is 0.171. The molecule has 0 amide bonds. The van der Waals surface area contributed by atoms with Crippen LogP contribution in [-0.4, -0.2) is 0 Å². The molecule has 4 aromatic carbocycles. The molecule has 0 aliphatic heterocycles. The van der Waals surface area contributed by atoms with Crippen molar-refractivity contribution < 1.29 is 31.1 Å². The van der Waals surface area contributed by atoms with E-state index < -0.39 is 40.7 Å². The zero-order valence-electron chi connectivity index (χ0n) is 17.2. The molecule has 0 saturated heterocycles. The highest BCUT2D eigenvalue weighted by Crippen LogP contribution is 2.36. The van der Waals surface area contributed by atoms with Crippen molar-refractivity contribution in [2.45, 2.75) is 13.0 Å². The summed E-state index contributed by atoms with van der Waals surface area (Å²) in [6, 6.07) is 16.6. The third kappa shape index (κ3) is 4.58. The lowest BCUT2D eigenvalue weighted by molar-refractivity contribution is -0.187. The Morgan fingerprint density at radius 2 is 1.21 bits per heavy atom. The molecule has 168 valence electrons. The summed E-state index contributed by atoms with van der Waals surface area (Å²) in [5.74, 6) is -5.83. The van der Waals surface area contributed by atoms with Crippen molar-refractivity contribution in [2.24, 2.45) is 0 Å². The fourth-order valence-electron chi connectivity index (χ4n) is 3.30. The number of ether oxygens (including phenoxy) is 1. The van der Waals surface area contributed by atoms with Gasteiger partial charge < -0.3 is 4.74 Å². The largest absolute Gasteiger partial charge is 0.426 e. The van der Waals surface area contributed by atoms with Gasteiger partial charge in [0, 0.05) is 5.56 Å². The van der Waals surface area contributed by atoms with Crippen LogP contribution in [0.2, 0.25) is 0 Å². The summed E-state index contributed by atoms with van der Waals surface area (Å²) in [5, 5.41) is 0. The monoisotopic (exact) mass is 458 g/mol. The van der Waals surface area contributed by atoms with Gasteiger partial charge in [0.05, 0.1) is 5.56 Å². The summed E-state index contributed by atoms with van der Waals surface area (Å²) >= 11 is 0. The first kappa shape index (κ1) is 22.5. The number of alkyl halides is 2. The Kier molecular flexibility index (Phi) is 5.89. The lowest BCUT2D eigenvalue weighted by atomic mass is 9.99. The average Bonchev–Trinajstić information content (AvgIpc) is 2.79. The number of benzene rings is 4. The van der Waals surface area contributed by atoms with E-state index in [1.165, 1.54) is 42.5 Å².